The number of carbonyl (C=O) groups is 6. The maximum atomic E-state index is 12.5. The predicted molar refractivity (Wildman–Crippen MR) is 102 cm³/mol. The second-order valence-electron chi connectivity index (χ2n) is 6.47. The van der Waals surface area contributed by atoms with Crippen molar-refractivity contribution in [3.05, 3.63) is 18.2 Å². The molecule has 1 heterocycles. The SMILES string of the molecule is NC(=O)CC(N)C(=O)NC(Cc1cnc[nH]1)C(=O)NCC(=O)NC(CC(N)=O)C(=O)O. The van der Waals surface area contributed by atoms with Gasteiger partial charge in [-0.25, -0.2) is 9.78 Å². The molecule has 3 unspecified atom stereocenters. The number of amides is 5. The van der Waals surface area contributed by atoms with E-state index in [0.717, 1.165) is 0 Å². The van der Waals surface area contributed by atoms with Crippen LogP contribution in [0.5, 0.6) is 0 Å². The lowest BCUT2D eigenvalue weighted by Crippen LogP contribution is -2.54. The van der Waals surface area contributed by atoms with Crippen LogP contribution in [0.2, 0.25) is 0 Å². The minimum Gasteiger partial charge on any atom is -0.480 e. The van der Waals surface area contributed by atoms with Crippen molar-refractivity contribution >= 4 is 35.5 Å². The fraction of sp³-hybridized carbons (Fsp3) is 0.438. The van der Waals surface area contributed by atoms with E-state index in [1.807, 2.05) is 5.32 Å². The van der Waals surface area contributed by atoms with E-state index in [0.29, 0.717) is 5.69 Å². The molecule has 31 heavy (non-hydrogen) atoms. The van der Waals surface area contributed by atoms with Gasteiger partial charge in [-0.3, -0.25) is 24.0 Å². The summed E-state index contributed by atoms with van der Waals surface area (Å²) in [5.41, 5.74) is 16.0. The van der Waals surface area contributed by atoms with Gasteiger partial charge in [-0.05, 0) is 0 Å². The van der Waals surface area contributed by atoms with Gasteiger partial charge in [0.15, 0.2) is 0 Å². The molecule has 0 saturated carbocycles. The number of aromatic amines is 1. The molecular formula is C16H24N8O7. The predicted octanol–water partition coefficient (Wildman–Crippen LogP) is -4.80. The number of imidazole rings is 1. The van der Waals surface area contributed by atoms with Crippen LogP contribution in [0, 0.1) is 0 Å². The van der Waals surface area contributed by atoms with Crippen LogP contribution >= 0.6 is 0 Å². The number of aliphatic carboxylic acids is 1. The Morgan fingerprint density at radius 3 is 2.16 bits per heavy atom. The van der Waals surface area contributed by atoms with Gasteiger partial charge in [0.25, 0.3) is 0 Å². The molecular weight excluding hydrogens is 416 g/mol. The lowest BCUT2D eigenvalue weighted by molar-refractivity contribution is -0.143. The zero-order chi connectivity index (χ0) is 23.6. The van der Waals surface area contributed by atoms with Crippen LogP contribution in [0.25, 0.3) is 0 Å². The van der Waals surface area contributed by atoms with E-state index < -0.39 is 73.0 Å². The molecule has 15 nitrogen and oxygen atoms in total. The summed E-state index contributed by atoms with van der Waals surface area (Å²) >= 11 is 0. The van der Waals surface area contributed by atoms with Crippen LogP contribution in [0.4, 0.5) is 0 Å². The Morgan fingerprint density at radius 2 is 1.65 bits per heavy atom. The molecule has 0 aromatic carbocycles. The second-order valence-corrected chi connectivity index (χ2v) is 6.47. The number of H-pyrrole nitrogens is 1. The van der Waals surface area contributed by atoms with Crippen molar-refractivity contribution in [3.63, 3.8) is 0 Å². The normalized spacial score (nSPS) is 13.3. The molecule has 5 amide bonds. The number of hydrogen-bond donors (Lipinski definition) is 8. The largest absolute Gasteiger partial charge is 0.480 e. The van der Waals surface area contributed by atoms with Gasteiger partial charge in [0, 0.05) is 18.3 Å². The van der Waals surface area contributed by atoms with Gasteiger partial charge in [-0.2, -0.15) is 0 Å². The molecule has 0 spiro atoms. The average molecular weight is 440 g/mol. The third-order valence-electron chi connectivity index (χ3n) is 3.83. The maximum Gasteiger partial charge on any atom is 0.326 e. The third kappa shape index (κ3) is 9.35. The molecule has 0 fully saturated rings. The van der Waals surface area contributed by atoms with E-state index in [2.05, 4.69) is 20.6 Å². The van der Waals surface area contributed by atoms with Gasteiger partial charge < -0.3 is 43.2 Å². The summed E-state index contributed by atoms with van der Waals surface area (Å²) in [6.45, 7) is -0.649. The number of carboxylic acid groups (broad SMARTS) is 1. The summed E-state index contributed by atoms with van der Waals surface area (Å²) < 4.78 is 0. The van der Waals surface area contributed by atoms with Gasteiger partial charge in [0.05, 0.1) is 31.8 Å². The molecule has 0 aliphatic rings. The highest BCUT2D eigenvalue weighted by molar-refractivity contribution is 5.94. The van der Waals surface area contributed by atoms with Crippen molar-refractivity contribution in [1.29, 1.82) is 0 Å². The van der Waals surface area contributed by atoms with Crippen molar-refractivity contribution in [1.82, 2.24) is 25.9 Å². The lowest BCUT2D eigenvalue weighted by atomic mass is 10.1. The Labute approximate surface area is 175 Å². The fourth-order valence-corrected chi connectivity index (χ4v) is 2.35. The molecule has 15 heteroatoms. The molecule has 0 saturated heterocycles. The van der Waals surface area contributed by atoms with Crippen molar-refractivity contribution in [3.8, 4) is 0 Å². The minimum absolute atomic E-state index is 0.0537. The number of primary amides is 2. The highest BCUT2D eigenvalue weighted by Crippen LogP contribution is 2.01. The monoisotopic (exact) mass is 440 g/mol. The van der Waals surface area contributed by atoms with Gasteiger partial charge in [0.2, 0.25) is 29.5 Å². The fourth-order valence-electron chi connectivity index (χ4n) is 2.35. The van der Waals surface area contributed by atoms with Crippen LogP contribution in [0.15, 0.2) is 12.5 Å². The molecule has 0 radical (unpaired) electrons. The van der Waals surface area contributed by atoms with Crippen LogP contribution in [0.3, 0.4) is 0 Å². The first-order valence-corrected chi connectivity index (χ1v) is 8.89. The first-order chi connectivity index (χ1) is 14.5. The summed E-state index contributed by atoms with van der Waals surface area (Å²) in [4.78, 5) is 75.9. The number of carboxylic acids is 1. The van der Waals surface area contributed by atoms with Crippen molar-refractivity contribution < 1.29 is 33.9 Å². The first-order valence-electron chi connectivity index (χ1n) is 8.89. The number of carbonyl (C=O) groups excluding carboxylic acids is 5. The van der Waals surface area contributed by atoms with E-state index in [-0.39, 0.29) is 6.42 Å². The molecule has 1 aromatic heterocycles. The average Bonchev–Trinajstić information content (AvgIpc) is 3.17. The standard InChI is InChI=1S/C16H24N8O7/c17-8(2-11(18)25)14(28)24-9(1-7-4-20-6-22-7)15(29)21-5-13(27)23-10(16(30)31)3-12(19)26/h4,6,8-10H,1-3,5,17H2,(H2,18,25)(H2,19,26)(H,20,22)(H,21,29)(H,23,27)(H,24,28)(H,30,31). The Balaban J connectivity index is 2.74. The summed E-state index contributed by atoms with van der Waals surface area (Å²) in [6, 6.07) is -4.06. The molecule has 0 aliphatic carbocycles. The third-order valence-corrected chi connectivity index (χ3v) is 3.83. The summed E-state index contributed by atoms with van der Waals surface area (Å²) in [5.74, 6) is -5.75. The number of rotatable bonds is 13. The number of nitrogens with zero attached hydrogens (tertiary/aromatic N) is 1. The highest BCUT2D eigenvalue weighted by Gasteiger charge is 2.27. The lowest BCUT2D eigenvalue weighted by Gasteiger charge is -2.20. The van der Waals surface area contributed by atoms with E-state index in [9.17, 15) is 28.8 Å². The van der Waals surface area contributed by atoms with Crippen molar-refractivity contribution in [2.45, 2.75) is 37.4 Å². The molecule has 11 N–H and O–H groups in total. The summed E-state index contributed by atoms with van der Waals surface area (Å²) in [5, 5.41) is 15.6. The summed E-state index contributed by atoms with van der Waals surface area (Å²) in [7, 11) is 0. The Hall–Kier alpha value is -4.01. The number of aromatic nitrogens is 2. The maximum absolute atomic E-state index is 12.5. The smallest absolute Gasteiger partial charge is 0.326 e. The highest BCUT2D eigenvalue weighted by atomic mass is 16.4. The van der Waals surface area contributed by atoms with Crippen molar-refractivity contribution in [2.24, 2.45) is 17.2 Å². The topological polar surface area (TPSA) is 265 Å². The van der Waals surface area contributed by atoms with Crippen LogP contribution in [-0.4, -0.2) is 75.2 Å². The van der Waals surface area contributed by atoms with E-state index >= 15 is 0 Å². The van der Waals surface area contributed by atoms with Gasteiger partial charge in [0.1, 0.15) is 12.1 Å². The zero-order valence-electron chi connectivity index (χ0n) is 16.3. The van der Waals surface area contributed by atoms with Gasteiger partial charge in [-0.1, -0.05) is 0 Å². The number of hydrogen-bond acceptors (Lipinski definition) is 8. The molecule has 1 aromatic rings. The molecule has 3 atom stereocenters. The first kappa shape index (κ1) is 25.0. The quantitative estimate of drug-likeness (QED) is 0.146. The molecule has 1 rings (SSSR count). The van der Waals surface area contributed by atoms with Crippen LogP contribution in [0.1, 0.15) is 18.5 Å². The van der Waals surface area contributed by atoms with Crippen LogP contribution < -0.4 is 33.2 Å². The Bertz CT molecular complexity index is 826. The molecule has 170 valence electrons. The Kier molecular flexibility index (Phi) is 9.58. The molecule has 0 bridgehead atoms. The van der Waals surface area contributed by atoms with Crippen LogP contribution in [-0.2, 0) is 35.2 Å². The molecule has 0 aliphatic heterocycles. The van der Waals surface area contributed by atoms with Gasteiger partial charge in [-0.15, -0.1) is 0 Å². The van der Waals surface area contributed by atoms with Gasteiger partial charge >= 0.3 is 5.97 Å². The minimum atomic E-state index is -1.56. The van der Waals surface area contributed by atoms with E-state index in [4.69, 9.17) is 22.3 Å². The number of nitrogens with two attached hydrogens (primary N) is 3. The van der Waals surface area contributed by atoms with E-state index in [1.54, 1.807) is 0 Å². The second kappa shape index (κ2) is 11.9. The summed E-state index contributed by atoms with van der Waals surface area (Å²) in [6.07, 6.45) is 1.63. The number of nitrogens with one attached hydrogen (secondary N) is 4. The Morgan fingerprint density at radius 1 is 1.00 bits per heavy atom. The zero-order valence-corrected chi connectivity index (χ0v) is 16.3. The van der Waals surface area contributed by atoms with E-state index in [1.165, 1.54) is 12.5 Å². The van der Waals surface area contributed by atoms with Crippen molar-refractivity contribution in [2.75, 3.05) is 6.54 Å².